The maximum Gasteiger partial charge on any atom is 0.228 e. The Morgan fingerprint density at radius 1 is 1.35 bits per heavy atom. The molecule has 1 aliphatic rings. The van der Waals surface area contributed by atoms with E-state index < -0.39 is 0 Å². The van der Waals surface area contributed by atoms with Gasteiger partial charge in [0.05, 0.1) is 19.9 Å². The van der Waals surface area contributed by atoms with Crippen LogP contribution in [0.5, 0.6) is 11.5 Å². The molecule has 0 aliphatic carbocycles. The van der Waals surface area contributed by atoms with Crippen LogP contribution in [-0.4, -0.2) is 37.0 Å². The maximum atomic E-state index is 12.1. The molecular formula is C14H17NO4S. The van der Waals surface area contributed by atoms with Crippen LogP contribution in [0.1, 0.15) is 13.3 Å². The number of nitrogens with zero attached hydrogens (tertiary/aromatic N) is 1. The Hall–Kier alpha value is -1.69. The first kappa shape index (κ1) is 14.7. The molecule has 108 valence electrons. The van der Waals surface area contributed by atoms with Crippen molar-refractivity contribution >= 4 is 28.5 Å². The van der Waals surface area contributed by atoms with Gasteiger partial charge in [0.25, 0.3) is 0 Å². The number of carbonyl (C=O) groups excluding carboxylic acids is 2. The molecule has 1 saturated heterocycles. The van der Waals surface area contributed by atoms with Crippen LogP contribution in [0.3, 0.4) is 0 Å². The second-order valence-corrected chi connectivity index (χ2v) is 5.95. The van der Waals surface area contributed by atoms with Crippen LogP contribution in [0.15, 0.2) is 18.2 Å². The first-order chi connectivity index (χ1) is 9.55. The number of thioether (sulfide) groups is 1. The Labute approximate surface area is 122 Å². The zero-order valence-electron chi connectivity index (χ0n) is 11.7. The van der Waals surface area contributed by atoms with Crippen molar-refractivity contribution in [1.82, 2.24) is 0 Å². The van der Waals surface area contributed by atoms with Crippen molar-refractivity contribution in [2.45, 2.75) is 18.6 Å². The van der Waals surface area contributed by atoms with Crippen LogP contribution in [0.25, 0.3) is 0 Å². The molecule has 2 rings (SSSR count). The molecule has 1 amide bonds. The van der Waals surface area contributed by atoms with E-state index in [1.807, 2.05) is 0 Å². The van der Waals surface area contributed by atoms with Gasteiger partial charge in [-0.3, -0.25) is 9.59 Å². The van der Waals surface area contributed by atoms with Crippen LogP contribution in [0.4, 0.5) is 5.69 Å². The highest BCUT2D eigenvalue weighted by Crippen LogP contribution is 2.36. The lowest BCUT2D eigenvalue weighted by molar-refractivity contribution is -0.117. The van der Waals surface area contributed by atoms with Crippen molar-refractivity contribution < 1.29 is 19.1 Å². The van der Waals surface area contributed by atoms with E-state index in [2.05, 4.69) is 0 Å². The number of methoxy groups -OCH3 is 2. The van der Waals surface area contributed by atoms with E-state index in [9.17, 15) is 9.59 Å². The van der Waals surface area contributed by atoms with Crippen molar-refractivity contribution in [2.24, 2.45) is 0 Å². The molecule has 1 unspecified atom stereocenters. The Morgan fingerprint density at radius 2 is 2.10 bits per heavy atom. The minimum Gasteiger partial charge on any atom is -0.497 e. The number of amides is 1. The lowest BCUT2D eigenvalue weighted by Gasteiger charge is -2.20. The maximum absolute atomic E-state index is 12.1. The normalized spacial score (nSPS) is 18.2. The number of carbonyl (C=O) groups is 2. The van der Waals surface area contributed by atoms with Gasteiger partial charge in [0.1, 0.15) is 11.5 Å². The highest BCUT2D eigenvalue weighted by Gasteiger charge is 2.33. The second kappa shape index (κ2) is 6.17. The van der Waals surface area contributed by atoms with Gasteiger partial charge in [0.2, 0.25) is 5.91 Å². The van der Waals surface area contributed by atoms with E-state index in [-0.39, 0.29) is 16.3 Å². The van der Waals surface area contributed by atoms with Gasteiger partial charge in [0, 0.05) is 31.2 Å². The number of ether oxygens (including phenoxy) is 2. The summed E-state index contributed by atoms with van der Waals surface area (Å²) in [4.78, 5) is 24.9. The number of benzene rings is 1. The van der Waals surface area contributed by atoms with Crippen molar-refractivity contribution in [3.63, 3.8) is 0 Å². The van der Waals surface area contributed by atoms with Gasteiger partial charge in [-0.2, -0.15) is 0 Å². The second-order valence-electron chi connectivity index (χ2n) is 4.48. The van der Waals surface area contributed by atoms with Gasteiger partial charge < -0.3 is 14.4 Å². The summed E-state index contributed by atoms with van der Waals surface area (Å²) in [6.45, 7) is 2.04. The van der Waals surface area contributed by atoms with Gasteiger partial charge in [-0.05, 0) is 12.1 Å². The molecular weight excluding hydrogens is 278 g/mol. The van der Waals surface area contributed by atoms with Gasteiger partial charge in [-0.1, -0.05) is 11.8 Å². The minimum absolute atomic E-state index is 0.00630. The lowest BCUT2D eigenvalue weighted by Crippen LogP contribution is -2.25. The summed E-state index contributed by atoms with van der Waals surface area (Å²) in [6, 6.07) is 5.33. The van der Waals surface area contributed by atoms with Crippen LogP contribution in [0, 0.1) is 0 Å². The zero-order valence-corrected chi connectivity index (χ0v) is 12.5. The highest BCUT2D eigenvalue weighted by molar-refractivity contribution is 8.14. The molecule has 5 nitrogen and oxygen atoms in total. The fourth-order valence-electron chi connectivity index (χ4n) is 2.23. The molecule has 20 heavy (non-hydrogen) atoms. The molecule has 0 bridgehead atoms. The molecule has 1 aliphatic heterocycles. The fourth-order valence-corrected chi connectivity index (χ4v) is 3.15. The third-order valence-corrected chi connectivity index (χ3v) is 4.08. The molecule has 6 heteroatoms. The van der Waals surface area contributed by atoms with Crippen molar-refractivity contribution in [3.05, 3.63) is 18.2 Å². The standard InChI is InChI=1S/C14H17NO4S/c1-9(16)20-11-7-14(17)15(8-11)12-5-4-10(18-2)6-13(12)19-3/h4-6,11H,7-8H2,1-3H3. The highest BCUT2D eigenvalue weighted by atomic mass is 32.2. The average Bonchev–Trinajstić information content (AvgIpc) is 2.77. The molecule has 1 aromatic carbocycles. The average molecular weight is 295 g/mol. The monoisotopic (exact) mass is 295 g/mol. The van der Waals surface area contributed by atoms with Crippen LogP contribution in [-0.2, 0) is 9.59 Å². The minimum atomic E-state index is 0.00630. The van der Waals surface area contributed by atoms with E-state index in [1.165, 1.54) is 18.7 Å². The molecule has 0 aromatic heterocycles. The fraction of sp³-hybridized carbons (Fsp3) is 0.429. The van der Waals surface area contributed by atoms with E-state index >= 15 is 0 Å². The topological polar surface area (TPSA) is 55.8 Å². The Morgan fingerprint density at radius 3 is 2.70 bits per heavy atom. The molecule has 1 atom stereocenters. The zero-order chi connectivity index (χ0) is 14.7. The third-order valence-electron chi connectivity index (χ3n) is 3.10. The van der Waals surface area contributed by atoms with Crippen molar-refractivity contribution in [1.29, 1.82) is 0 Å². The molecule has 1 fully saturated rings. The van der Waals surface area contributed by atoms with Crippen LogP contribution in [0.2, 0.25) is 0 Å². The molecule has 0 N–H and O–H groups in total. The summed E-state index contributed by atoms with van der Waals surface area (Å²) < 4.78 is 10.5. The third kappa shape index (κ3) is 3.07. The number of anilines is 1. The summed E-state index contributed by atoms with van der Waals surface area (Å²) in [5.41, 5.74) is 0.713. The summed E-state index contributed by atoms with van der Waals surface area (Å²) >= 11 is 1.22. The Bertz CT molecular complexity index is 532. The van der Waals surface area contributed by atoms with Crippen LogP contribution >= 0.6 is 11.8 Å². The van der Waals surface area contributed by atoms with E-state index in [0.717, 1.165) is 0 Å². The van der Waals surface area contributed by atoms with Gasteiger partial charge >= 0.3 is 0 Å². The van der Waals surface area contributed by atoms with Crippen molar-refractivity contribution in [2.75, 3.05) is 25.7 Å². The quantitative estimate of drug-likeness (QED) is 0.851. The Balaban J connectivity index is 2.23. The van der Waals surface area contributed by atoms with Gasteiger partial charge in [0.15, 0.2) is 5.12 Å². The summed E-state index contributed by atoms with van der Waals surface area (Å²) in [5, 5.41) is 0.0400. The summed E-state index contributed by atoms with van der Waals surface area (Å²) in [6.07, 6.45) is 0.374. The summed E-state index contributed by atoms with van der Waals surface area (Å²) in [5.74, 6) is 1.27. The number of hydrogen-bond acceptors (Lipinski definition) is 5. The predicted octanol–water partition coefficient (Wildman–Crippen LogP) is 2.09. The molecule has 1 aromatic rings. The SMILES string of the molecule is COc1ccc(N2CC(SC(C)=O)CC2=O)c(OC)c1. The van der Waals surface area contributed by atoms with E-state index in [1.54, 1.807) is 37.3 Å². The number of rotatable bonds is 4. The van der Waals surface area contributed by atoms with Crippen molar-refractivity contribution in [3.8, 4) is 11.5 Å². The van der Waals surface area contributed by atoms with E-state index in [4.69, 9.17) is 9.47 Å². The predicted molar refractivity (Wildman–Crippen MR) is 78.6 cm³/mol. The molecule has 0 saturated carbocycles. The van der Waals surface area contributed by atoms with E-state index in [0.29, 0.717) is 30.2 Å². The van der Waals surface area contributed by atoms with Crippen LogP contribution < -0.4 is 14.4 Å². The first-order valence-corrected chi connectivity index (χ1v) is 7.12. The molecule has 0 radical (unpaired) electrons. The smallest absolute Gasteiger partial charge is 0.228 e. The Kier molecular flexibility index (Phi) is 4.54. The number of hydrogen-bond donors (Lipinski definition) is 0. The van der Waals surface area contributed by atoms with Gasteiger partial charge in [-0.15, -0.1) is 0 Å². The lowest BCUT2D eigenvalue weighted by atomic mass is 10.2. The molecule has 1 heterocycles. The van der Waals surface area contributed by atoms with Gasteiger partial charge in [-0.25, -0.2) is 0 Å². The first-order valence-electron chi connectivity index (χ1n) is 6.24. The summed E-state index contributed by atoms with van der Waals surface area (Å²) in [7, 11) is 3.13. The molecule has 0 spiro atoms. The largest absolute Gasteiger partial charge is 0.497 e.